The molecule has 0 aromatic carbocycles. The predicted octanol–water partition coefficient (Wildman–Crippen LogP) is 1.77. The lowest BCUT2D eigenvalue weighted by atomic mass is 10.2. The van der Waals surface area contributed by atoms with Crippen LogP contribution in [0.4, 0.5) is 0 Å². The average molecular weight is 174 g/mol. The number of alkyl halides is 1. The molecule has 1 aliphatic rings. The Bertz CT molecular complexity index is 137. The van der Waals surface area contributed by atoms with Gasteiger partial charge in [-0.2, -0.15) is 0 Å². The standard InChI is InChI=1S/C6H8BrN/c1-5-3-2-4-8-6(5)7/h2-4,6,8H,1H3. The van der Waals surface area contributed by atoms with Crippen LogP contribution < -0.4 is 5.32 Å². The normalized spacial score (nSPS) is 26.8. The van der Waals surface area contributed by atoms with Crippen molar-refractivity contribution in [3.63, 3.8) is 0 Å². The maximum atomic E-state index is 3.42. The van der Waals surface area contributed by atoms with E-state index in [1.165, 1.54) is 5.57 Å². The van der Waals surface area contributed by atoms with Crippen molar-refractivity contribution in [1.29, 1.82) is 0 Å². The van der Waals surface area contributed by atoms with E-state index in [1.54, 1.807) is 0 Å². The molecule has 0 amide bonds. The van der Waals surface area contributed by atoms with E-state index in [1.807, 2.05) is 12.3 Å². The van der Waals surface area contributed by atoms with E-state index in [-0.39, 0.29) is 0 Å². The van der Waals surface area contributed by atoms with Crippen LogP contribution >= 0.6 is 15.9 Å². The smallest absolute Gasteiger partial charge is 0.103 e. The Hall–Kier alpha value is -0.240. The highest BCUT2D eigenvalue weighted by Crippen LogP contribution is 2.10. The van der Waals surface area contributed by atoms with Gasteiger partial charge >= 0.3 is 0 Å². The lowest BCUT2D eigenvalue weighted by molar-refractivity contribution is 0.876. The average Bonchev–Trinajstić information content (AvgIpc) is 1.77. The van der Waals surface area contributed by atoms with Crippen molar-refractivity contribution in [2.24, 2.45) is 0 Å². The van der Waals surface area contributed by atoms with Crippen LogP contribution in [0.3, 0.4) is 0 Å². The maximum absolute atomic E-state index is 3.42. The quantitative estimate of drug-likeness (QED) is 0.436. The molecule has 8 heavy (non-hydrogen) atoms. The predicted molar refractivity (Wildman–Crippen MR) is 38.7 cm³/mol. The van der Waals surface area contributed by atoms with Crippen molar-refractivity contribution in [2.75, 3.05) is 0 Å². The summed E-state index contributed by atoms with van der Waals surface area (Å²) in [6, 6.07) is 0. The molecule has 0 aromatic rings. The van der Waals surface area contributed by atoms with Crippen molar-refractivity contribution < 1.29 is 0 Å². The second-order valence-corrected chi connectivity index (χ2v) is 2.71. The fourth-order valence-electron chi connectivity index (χ4n) is 0.556. The minimum Gasteiger partial charge on any atom is -0.375 e. The lowest BCUT2D eigenvalue weighted by Gasteiger charge is -2.12. The third-order valence-corrected chi connectivity index (χ3v) is 2.08. The Kier molecular flexibility index (Phi) is 1.73. The van der Waals surface area contributed by atoms with E-state index in [2.05, 4.69) is 34.2 Å². The highest BCUT2D eigenvalue weighted by atomic mass is 79.9. The Labute approximate surface area is 57.6 Å². The molecule has 0 saturated heterocycles. The van der Waals surface area contributed by atoms with Gasteiger partial charge in [0.05, 0.1) is 0 Å². The molecule has 1 heterocycles. The topological polar surface area (TPSA) is 12.0 Å². The summed E-state index contributed by atoms with van der Waals surface area (Å²) in [5, 5.41) is 3.10. The van der Waals surface area contributed by atoms with Crippen LogP contribution in [0.5, 0.6) is 0 Å². The first kappa shape index (κ1) is 5.89. The van der Waals surface area contributed by atoms with Gasteiger partial charge in [0.25, 0.3) is 0 Å². The van der Waals surface area contributed by atoms with Crippen LogP contribution in [-0.2, 0) is 0 Å². The lowest BCUT2D eigenvalue weighted by Crippen LogP contribution is -2.19. The van der Waals surface area contributed by atoms with Crippen LogP contribution in [0.15, 0.2) is 23.9 Å². The van der Waals surface area contributed by atoms with Crippen molar-refractivity contribution in [3.8, 4) is 0 Å². The van der Waals surface area contributed by atoms with Crippen LogP contribution in [0, 0.1) is 0 Å². The van der Waals surface area contributed by atoms with E-state index in [0.717, 1.165) is 0 Å². The monoisotopic (exact) mass is 173 g/mol. The van der Waals surface area contributed by atoms with Gasteiger partial charge < -0.3 is 5.32 Å². The molecule has 0 aliphatic carbocycles. The molecule has 1 rings (SSSR count). The van der Waals surface area contributed by atoms with Gasteiger partial charge in [0.2, 0.25) is 0 Å². The minimum absolute atomic E-state index is 0.340. The number of hydrogen-bond donors (Lipinski definition) is 1. The SMILES string of the molecule is CC1=CC=CNC1Br. The number of rotatable bonds is 0. The molecule has 0 radical (unpaired) electrons. The fraction of sp³-hybridized carbons (Fsp3) is 0.333. The zero-order chi connectivity index (χ0) is 5.98. The molecule has 44 valence electrons. The zero-order valence-corrected chi connectivity index (χ0v) is 6.27. The molecule has 0 fully saturated rings. The van der Waals surface area contributed by atoms with Crippen LogP contribution in [-0.4, -0.2) is 4.95 Å². The number of nitrogens with one attached hydrogen (secondary N) is 1. The summed E-state index contributed by atoms with van der Waals surface area (Å²) >= 11 is 3.42. The summed E-state index contributed by atoms with van der Waals surface area (Å²) in [6.07, 6.45) is 6.00. The first-order valence-corrected chi connectivity index (χ1v) is 3.46. The van der Waals surface area contributed by atoms with E-state index in [4.69, 9.17) is 0 Å². The third-order valence-electron chi connectivity index (χ3n) is 1.10. The van der Waals surface area contributed by atoms with Gasteiger partial charge in [0.15, 0.2) is 0 Å². The molecule has 1 aliphatic heterocycles. The third kappa shape index (κ3) is 1.13. The second kappa shape index (κ2) is 2.35. The molecule has 1 N–H and O–H groups in total. The maximum Gasteiger partial charge on any atom is 0.103 e. The summed E-state index contributed by atoms with van der Waals surface area (Å²) in [4.78, 5) is 0.340. The second-order valence-electron chi connectivity index (χ2n) is 1.80. The summed E-state index contributed by atoms with van der Waals surface area (Å²) in [6.45, 7) is 2.08. The highest BCUT2D eigenvalue weighted by molar-refractivity contribution is 9.09. The summed E-state index contributed by atoms with van der Waals surface area (Å²) in [5.41, 5.74) is 1.31. The first-order valence-electron chi connectivity index (χ1n) is 2.54. The van der Waals surface area contributed by atoms with Crippen LogP contribution in [0.1, 0.15) is 6.92 Å². The molecule has 0 aromatic heterocycles. The molecule has 1 unspecified atom stereocenters. The molecule has 1 nitrogen and oxygen atoms in total. The van der Waals surface area contributed by atoms with E-state index < -0.39 is 0 Å². The minimum atomic E-state index is 0.340. The first-order chi connectivity index (χ1) is 3.80. The largest absolute Gasteiger partial charge is 0.375 e. The van der Waals surface area contributed by atoms with Gasteiger partial charge in [0.1, 0.15) is 4.95 Å². The molecular formula is C6H8BrN. The van der Waals surface area contributed by atoms with Crippen molar-refractivity contribution >= 4 is 15.9 Å². The van der Waals surface area contributed by atoms with E-state index >= 15 is 0 Å². The molecule has 0 spiro atoms. The van der Waals surface area contributed by atoms with Crippen LogP contribution in [0.25, 0.3) is 0 Å². The zero-order valence-electron chi connectivity index (χ0n) is 4.69. The Morgan fingerprint density at radius 1 is 1.75 bits per heavy atom. The number of hydrogen-bond acceptors (Lipinski definition) is 1. The number of halogens is 1. The summed E-state index contributed by atoms with van der Waals surface area (Å²) in [7, 11) is 0. The molecule has 1 atom stereocenters. The van der Waals surface area contributed by atoms with Gasteiger partial charge in [-0.3, -0.25) is 0 Å². The van der Waals surface area contributed by atoms with E-state index in [0.29, 0.717) is 4.95 Å². The fourth-order valence-corrected chi connectivity index (χ4v) is 0.861. The Morgan fingerprint density at radius 2 is 2.50 bits per heavy atom. The number of dihydropyridines is 1. The van der Waals surface area contributed by atoms with Gasteiger partial charge in [0, 0.05) is 0 Å². The molecule has 0 bridgehead atoms. The van der Waals surface area contributed by atoms with Crippen molar-refractivity contribution in [2.45, 2.75) is 11.9 Å². The van der Waals surface area contributed by atoms with E-state index in [9.17, 15) is 0 Å². The van der Waals surface area contributed by atoms with Gasteiger partial charge in [-0.1, -0.05) is 22.0 Å². The summed E-state index contributed by atoms with van der Waals surface area (Å²) < 4.78 is 0. The van der Waals surface area contributed by atoms with Gasteiger partial charge in [-0.25, -0.2) is 0 Å². The van der Waals surface area contributed by atoms with Crippen molar-refractivity contribution in [3.05, 3.63) is 23.9 Å². The molecular weight excluding hydrogens is 166 g/mol. The Balaban J connectivity index is 2.66. The molecule has 0 saturated carbocycles. The summed E-state index contributed by atoms with van der Waals surface area (Å²) in [5.74, 6) is 0. The number of allylic oxidation sites excluding steroid dienone is 2. The van der Waals surface area contributed by atoms with Gasteiger partial charge in [-0.15, -0.1) is 0 Å². The Morgan fingerprint density at radius 3 is 2.88 bits per heavy atom. The van der Waals surface area contributed by atoms with Crippen molar-refractivity contribution in [1.82, 2.24) is 5.32 Å². The van der Waals surface area contributed by atoms with Gasteiger partial charge in [-0.05, 0) is 24.8 Å². The van der Waals surface area contributed by atoms with Crippen LogP contribution in [0.2, 0.25) is 0 Å². The highest BCUT2D eigenvalue weighted by Gasteiger charge is 2.02. The molecule has 2 heteroatoms.